The van der Waals surface area contributed by atoms with Crippen LogP contribution < -0.4 is 15.5 Å². The Morgan fingerprint density at radius 3 is 2.75 bits per heavy atom. The molecule has 2 heterocycles. The maximum Gasteiger partial charge on any atom is 0.171 e. The topological polar surface area (TPSA) is 53.1 Å². The Morgan fingerprint density at radius 1 is 1.18 bits per heavy atom. The second-order valence-electron chi connectivity index (χ2n) is 6.74. The van der Waals surface area contributed by atoms with Gasteiger partial charge in [-0.15, -0.1) is 5.10 Å². The quantitative estimate of drug-likeness (QED) is 0.519. The van der Waals surface area contributed by atoms with E-state index in [-0.39, 0.29) is 0 Å². The molecule has 0 amide bonds. The Balaban J connectivity index is 1.38. The molecule has 0 aliphatic carbocycles. The predicted octanol–water partition coefficient (Wildman–Crippen LogP) is 5.00. The Labute approximate surface area is 182 Å². The van der Waals surface area contributed by atoms with Crippen molar-refractivity contribution in [2.45, 2.75) is 18.9 Å². The third-order valence-corrected chi connectivity index (χ3v) is 5.90. The summed E-state index contributed by atoms with van der Waals surface area (Å²) in [5, 5.41) is 18.6. The first kappa shape index (κ1) is 19.4. The van der Waals surface area contributed by atoms with Crippen molar-refractivity contribution < 1.29 is 0 Å². The van der Waals surface area contributed by atoms with E-state index in [0.29, 0.717) is 16.2 Å². The molecule has 4 rings (SSSR count). The first-order chi connectivity index (χ1) is 13.6. The molecule has 1 aromatic heterocycles. The zero-order valence-corrected chi connectivity index (χ0v) is 18.2. The van der Waals surface area contributed by atoms with Crippen molar-refractivity contribution in [3.63, 3.8) is 0 Å². The zero-order chi connectivity index (χ0) is 19.5. The van der Waals surface area contributed by atoms with Crippen LogP contribution in [0.15, 0.2) is 53.1 Å². The molecule has 1 aliphatic heterocycles. The smallest absolute Gasteiger partial charge is 0.171 e. The van der Waals surface area contributed by atoms with Crippen molar-refractivity contribution in [2.24, 2.45) is 0 Å². The molecule has 1 saturated heterocycles. The second-order valence-corrected chi connectivity index (χ2v) is 8.47. The van der Waals surface area contributed by atoms with Gasteiger partial charge in [0, 0.05) is 34.4 Å². The number of hydrogen-bond acceptors (Lipinski definition) is 4. The summed E-state index contributed by atoms with van der Waals surface area (Å²) in [4.78, 5) is 2.30. The minimum atomic E-state index is 0.313. The molecule has 1 aliphatic rings. The summed E-state index contributed by atoms with van der Waals surface area (Å²) in [7, 11) is 0. The van der Waals surface area contributed by atoms with Gasteiger partial charge in [0.15, 0.2) is 10.9 Å². The number of anilines is 2. The van der Waals surface area contributed by atoms with Crippen LogP contribution in [0.5, 0.6) is 0 Å². The molecular formula is C20H19BrClN5S. The van der Waals surface area contributed by atoms with Gasteiger partial charge in [-0.2, -0.15) is 5.10 Å². The van der Waals surface area contributed by atoms with Crippen LogP contribution in [0.4, 0.5) is 11.5 Å². The molecule has 0 spiro atoms. The third kappa shape index (κ3) is 4.37. The molecular weight excluding hydrogens is 458 g/mol. The highest BCUT2D eigenvalue weighted by Crippen LogP contribution is 2.28. The number of aromatic nitrogens is 2. The van der Waals surface area contributed by atoms with E-state index in [0.717, 1.165) is 52.7 Å². The van der Waals surface area contributed by atoms with Gasteiger partial charge in [0.2, 0.25) is 0 Å². The van der Waals surface area contributed by atoms with Crippen LogP contribution in [0.2, 0.25) is 5.02 Å². The molecule has 3 aromatic rings. The van der Waals surface area contributed by atoms with Crippen LogP contribution in [0.25, 0.3) is 10.8 Å². The molecule has 0 atom stereocenters. The third-order valence-electron chi connectivity index (χ3n) is 4.86. The fourth-order valence-corrected chi connectivity index (χ4v) is 4.23. The van der Waals surface area contributed by atoms with Gasteiger partial charge in [-0.05, 0) is 49.3 Å². The maximum absolute atomic E-state index is 6.18. The highest BCUT2D eigenvalue weighted by Gasteiger charge is 2.22. The number of fused-ring (bicyclic) bond motifs is 1. The first-order valence-corrected chi connectivity index (χ1v) is 10.7. The van der Waals surface area contributed by atoms with E-state index in [1.807, 2.05) is 30.3 Å². The summed E-state index contributed by atoms with van der Waals surface area (Å²) >= 11 is 15.2. The van der Waals surface area contributed by atoms with Gasteiger partial charge in [0.1, 0.15) is 0 Å². The molecule has 5 nitrogen and oxygen atoms in total. The molecule has 0 radical (unpaired) electrons. The van der Waals surface area contributed by atoms with E-state index < -0.39 is 0 Å². The number of hydrogen-bond donors (Lipinski definition) is 2. The van der Waals surface area contributed by atoms with E-state index in [2.05, 4.69) is 53.8 Å². The van der Waals surface area contributed by atoms with Gasteiger partial charge < -0.3 is 15.5 Å². The van der Waals surface area contributed by atoms with Crippen molar-refractivity contribution in [1.82, 2.24) is 15.5 Å². The zero-order valence-electron chi connectivity index (χ0n) is 15.0. The van der Waals surface area contributed by atoms with Gasteiger partial charge in [-0.1, -0.05) is 45.7 Å². The number of nitrogens with one attached hydrogen (secondary N) is 2. The molecule has 1 fully saturated rings. The van der Waals surface area contributed by atoms with Crippen LogP contribution in [-0.4, -0.2) is 34.4 Å². The van der Waals surface area contributed by atoms with Crippen LogP contribution in [0, 0.1) is 0 Å². The maximum atomic E-state index is 6.18. The van der Waals surface area contributed by atoms with E-state index >= 15 is 0 Å². The van der Waals surface area contributed by atoms with Crippen molar-refractivity contribution in [2.75, 3.05) is 23.3 Å². The molecule has 0 saturated carbocycles. The van der Waals surface area contributed by atoms with Gasteiger partial charge in [0.25, 0.3) is 0 Å². The van der Waals surface area contributed by atoms with Crippen LogP contribution in [0.3, 0.4) is 0 Å². The normalized spacial score (nSPS) is 14.9. The van der Waals surface area contributed by atoms with Gasteiger partial charge in [0.05, 0.1) is 16.9 Å². The number of para-hydroxylation sites is 1. The highest BCUT2D eigenvalue weighted by atomic mass is 79.9. The number of halogens is 2. The van der Waals surface area contributed by atoms with Crippen molar-refractivity contribution >= 4 is 67.1 Å². The number of nitrogens with zero attached hydrogens (tertiary/aromatic N) is 3. The van der Waals surface area contributed by atoms with Crippen molar-refractivity contribution in [3.8, 4) is 0 Å². The lowest BCUT2D eigenvalue weighted by Crippen LogP contribution is -2.46. The van der Waals surface area contributed by atoms with Crippen molar-refractivity contribution in [1.29, 1.82) is 0 Å². The van der Waals surface area contributed by atoms with E-state index in [4.69, 9.17) is 23.8 Å². The minimum Gasteiger partial charge on any atom is -0.360 e. The number of benzene rings is 2. The lowest BCUT2D eigenvalue weighted by Gasteiger charge is -2.34. The van der Waals surface area contributed by atoms with E-state index in [1.165, 1.54) is 0 Å². The predicted molar refractivity (Wildman–Crippen MR) is 123 cm³/mol. The summed E-state index contributed by atoms with van der Waals surface area (Å²) in [6, 6.07) is 14.1. The SMILES string of the molecule is S=C(Nc1ccccc1Cl)NC1CCN(c2nncc3ccc(Br)cc23)CC1. The molecule has 0 bridgehead atoms. The molecule has 144 valence electrons. The average molecular weight is 477 g/mol. The first-order valence-electron chi connectivity index (χ1n) is 9.08. The highest BCUT2D eigenvalue weighted by molar-refractivity contribution is 9.10. The van der Waals surface area contributed by atoms with Gasteiger partial charge in [-0.25, -0.2) is 0 Å². The molecule has 2 aromatic carbocycles. The summed E-state index contributed by atoms with van der Waals surface area (Å²) in [6.07, 6.45) is 3.74. The molecule has 0 unspecified atom stereocenters. The van der Waals surface area contributed by atoms with Crippen LogP contribution in [0.1, 0.15) is 12.8 Å². The summed E-state index contributed by atoms with van der Waals surface area (Å²) in [5.74, 6) is 0.939. The van der Waals surface area contributed by atoms with Gasteiger partial charge in [-0.3, -0.25) is 0 Å². The van der Waals surface area contributed by atoms with Crippen molar-refractivity contribution in [3.05, 3.63) is 58.2 Å². The Kier molecular flexibility index (Phi) is 5.94. The number of piperidine rings is 1. The summed E-state index contributed by atoms with van der Waals surface area (Å²) < 4.78 is 1.04. The lowest BCUT2D eigenvalue weighted by atomic mass is 10.0. The minimum absolute atomic E-state index is 0.313. The largest absolute Gasteiger partial charge is 0.360 e. The Hall–Kier alpha value is -1.96. The lowest BCUT2D eigenvalue weighted by molar-refractivity contribution is 0.466. The van der Waals surface area contributed by atoms with Gasteiger partial charge >= 0.3 is 0 Å². The molecule has 8 heteroatoms. The fraction of sp³-hybridized carbons (Fsp3) is 0.250. The number of rotatable bonds is 3. The van der Waals surface area contributed by atoms with E-state index in [1.54, 1.807) is 6.20 Å². The average Bonchev–Trinajstić information content (AvgIpc) is 2.70. The standard InChI is InChI=1S/C20H19BrClN5S/c21-14-6-5-13-12-23-26-19(16(13)11-14)27-9-7-15(8-10-27)24-20(28)25-18-4-2-1-3-17(18)22/h1-6,11-12,15H,7-10H2,(H2,24,25,28). The monoisotopic (exact) mass is 475 g/mol. The van der Waals surface area contributed by atoms with Crippen LogP contribution >= 0.6 is 39.7 Å². The molecule has 2 N–H and O–H groups in total. The summed E-state index contributed by atoms with van der Waals surface area (Å²) in [6.45, 7) is 1.79. The Bertz CT molecular complexity index is 1010. The second kappa shape index (κ2) is 8.59. The number of thiocarbonyl (C=S) groups is 1. The summed E-state index contributed by atoms with van der Waals surface area (Å²) in [5.41, 5.74) is 0.815. The van der Waals surface area contributed by atoms with E-state index in [9.17, 15) is 0 Å². The molecule has 28 heavy (non-hydrogen) atoms. The van der Waals surface area contributed by atoms with Crippen LogP contribution in [-0.2, 0) is 0 Å². The Morgan fingerprint density at radius 2 is 1.96 bits per heavy atom. The fourth-order valence-electron chi connectivity index (χ4n) is 3.41.